The normalized spacial score (nSPS) is 10.9. The topological polar surface area (TPSA) is 30.2 Å². The van der Waals surface area contributed by atoms with E-state index in [0.29, 0.717) is 5.15 Å². The molecule has 0 radical (unpaired) electrons. The van der Waals surface area contributed by atoms with E-state index in [-0.39, 0.29) is 0 Å². The van der Waals surface area contributed by atoms with Crippen molar-refractivity contribution in [2.24, 2.45) is 0 Å². The van der Waals surface area contributed by atoms with Gasteiger partial charge in [0.15, 0.2) is 5.65 Å². The standard InChI is InChI=1S/C12H7BrClN3/c13-9-4-2-1-3-8(9)10-7-15-12-6-5-11(14)16-17(10)12/h1-7H. The minimum Gasteiger partial charge on any atom is -0.235 e. The number of hydrogen-bond acceptors (Lipinski definition) is 2. The van der Waals surface area contributed by atoms with Crippen LogP contribution in [-0.2, 0) is 0 Å². The molecule has 0 amide bonds. The molecule has 0 saturated carbocycles. The lowest BCUT2D eigenvalue weighted by molar-refractivity contribution is 0.943. The molecule has 0 saturated heterocycles. The fourth-order valence-electron chi connectivity index (χ4n) is 1.70. The predicted octanol–water partition coefficient (Wildman–Crippen LogP) is 3.81. The number of rotatable bonds is 1. The summed E-state index contributed by atoms with van der Waals surface area (Å²) in [5, 5.41) is 4.70. The number of fused-ring (bicyclic) bond motifs is 1. The summed E-state index contributed by atoms with van der Waals surface area (Å²) in [6, 6.07) is 11.5. The van der Waals surface area contributed by atoms with Gasteiger partial charge >= 0.3 is 0 Å². The Morgan fingerprint density at radius 1 is 1.12 bits per heavy atom. The summed E-state index contributed by atoms with van der Waals surface area (Å²) in [6.07, 6.45) is 1.79. The molecule has 2 aromatic heterocycles. The van der Waals surface area contributed by atoms with E-state index >= 15 is 0 Å². The molecule has 0 aliphatic rings. The SMILES string of the molecule is Clc1ccc2ncc(-c3ccccc3Br)n2n1. The first-order valence-electron chi connectivity index (χ1n) is 5.01. The van der Waals surface area contributed by atoms with Crippen LogP contribution >= 0.6 is 27.5 Å². The molecule has 3 aromatic rings. The van der Waals surface area contributed by atoms with Crippen molar-refractivity contribution < 1.29 is 0 Å². The number of hydrogen-bond donors (Lipinski definition) is 0. The van der Waals surface area contributed by atoms with Crippen molar-refractivity contribution in [3.63, 3.8) is 0 Å². The molecule has 0 bridgehead atoms. The van der Waals surface area contributed by atoms with E-state index in [1.807, 2.05) is 30.3 Å². The number of imidazole rings is 1. The molecular formula is C12H7BrClN3. The zero-order chi connectivity index (χ0) is 11.8. The summed E-state index contributed by atoms with van der Waals surface area (Å²) < 4.78 is 2.74. The Balaban J connectivity index is 2.31. The van der Waals surface area contributed by atoms with Crippen molar-refractivity contribution in [3.8, 4) is 11.3 Å². The van der Waals surface area contributed by atoms with E-state index < -0.39 is 0 Å². The van der Waals surface area contributed by atoms with Crippen LogP contribution in [0, 0.1) is 0 Å². The summed E-state index contributed by atoms with van der Waals surface area (Å²) in [6.45, 7) is 0. The van der Waals surface area contributed by atoms with E-state index in [0.717, 1.165) is 21.4 Å². The Morgan fingerprint density at radius 2 is 1.94 bits per heavy atom. The van der Waals surface area contributed by atoms with Crippen LogP contribution in [0.2, 0.25) is 5.15 Å². The van der Waals surface area contributed by atoms with Crippen LogP contribution in [0.15, 0.2) is 47.1 Å². The first-order chi connectivity index (χ1) is 8.25. The fraction of sp³-hybridized carbons (Fsp3) is 0. The third kappa shape index (κ3) is 1.83. The quantitative estimate of drug-likeness (QED) is 0.684. The number of halogens is 2. The monoisotopic (exact) mass is 307 g/mol. The molecule has 0 atom stereocenters. The van der Waals surface area contributed by atoms with Crippen LogP contribution in [-0.4, -0.2) is 14.6 Å². The molecule has 1 aromatic carbocycles. The number of nitrogens with zero attached hydrogens (tertiary/aromatic N) is 3. The highest BCUT2D eigenvalue weighted by Gasteiger charge is 2.09. The largest absolute Gasteiger partial charge is 0.235 e. The molecule has 84 valence electrons. The minimum absolute atomic E-state index is 0.448. The first kappa shape index (κ1) is 10.7. The Labute approximate surface area is 111 Å². The van der Waals surface area contributed by atoms with Crippen molar-refractivity contribution in [2.75, 3.05) is 0 Å². The third-order valence-electron chi connectivity index (χ3n) is 2.48. The highest BCUT2D eigenvalue weighted by Crippen LogP contribution is 2.28. The molecule has 0 aliphatic heterocycles. The number of benzene rings is 1. The molecule has 0 aliphatic carbocycles. The van der Waals surface area contributed by atoms with Crippen LogP contribution in [0.1, 0.15) is 0 Å². The first-order valence-corrected chi connectivity index (χ1v) is 6.18. The van der Waals surface area contributed by atoms with Gasteiger partial charge in [0.05, 0.1) is 11.9 Å². The van der Waals surface area contributed by atoms with Gasteiger partial charge in [0, 0.05) is 10.0 Å². The second-order valence-corrected chi connectivity index (χ2v) is 4.79. The van der Waals surface area contributed by atoms with E-state index in [2.05, 4.69) is 26.0 Å². The van der Waals surface area contributed by atoms with Gasteiger partial charge in [0.2, 0.25) is 0 Å². The Hall–Kier alpha value is -1.39. The van der Waals surface area contributed by atoms with Crippen molar-refractivity contribution >= 4 is 33.2 Å². The van der Waals surface area contributed by atoms with Crippen molar-refractivity contribution in [3.05, 3.63) is 52.2 Å². The number of aromatic nitrogens is 3. The maximum absolute atomic E-state index is 5.90. The van der Waals surface area contributed by atoms with Gasteiger partial charge in [0.25, 0.3) is 0 Å². The molecule has 3 rings (SSSR count). The van der Waals surface area contributed by atoms with Crippen LogP contribution in [0.25, 0.3) is 16.9 Å². The van der Waals surface area contributed by atoms with Gasteiger partial charge in [-0.05, 0) is 18.2 Å². The summed E-state index contributed by atoms with van der Waals surface area (Å²) in [5.74, 6) is 0. The Bertz CT molecular complexity index is 693. The Kier molecular flexibility index (Phi) is 2.61. The molecule has 17 heavy (non-hydrogen) atoms. The van der Waals surface area contributed by atoms with Gasteiger partial charge in [-0.3, -0.25) is 0 Å². The maximum Gasteiger partial charge on any atom is 0.154 e. The predicted molar refractivity (Wildman–Crippen MR) is 71.1 cm³/mol. The van der Waals surface area contributed by atoms with Crippen LogP contribution < -0.4 is 0 Å². The molecule has 0 spiro atoms. The van der Waals surface area contributed by atoms with E-state index in [9.17, 15) is 0 Å². The maximum atomic E-state index is 5.90. The molecule has 0 N–H and O–H groups in total. The summed E-state index contributed by atoms with van der Waals surface area (Å²) in [4.78, 5) is 4.30. The molecule has 2 heterocycles. The van der Waals surface area contributed by atoms with E-state index in [4.69, 9.17) is 11.6 Å². The lowest BCUT2D eigenvalue weighted by atomic mass is 10.2. The summed E-state index contributed by atoms with van der Waals surface area (Å²) >= 11 is 9.42. The minimum atomic E-state index is 0.448. The van der Waals surface area contributed by atoms with Crippen LogP contribution in [0.5, 0.6) is 0 Å². The van der Waals surface area contributed by atoms with Gasteiger partial charge in [-0.1, -0.05) is 45.7 Å². The lowest BCUT2D eigenvalue weighted by Crippen LogP contribution is -1.94. The van der Waals surface area contributed by atoms with Crippen molar-refractivity contribution in [1.29, 1.82) is 0 Å². The van der Waals surface area contributed by atoms with Crippen LogP contribution in [0.4, 0.5) is 0 Å². The zero-order valence-electron chi connectivity index (χ0n) is 8.64. The Morgan fingerprint density at radius 3 is 2.76 bits per heavy atom. The molecule has 0 unspecified atom stereocenters. The second kappa shape index (κ2) is 4.13. The average Bonchev–Trinajstić information content (AvgIpc) is 2.72. The van der Waals surface area contributed by atoms with Gasteiger partial charge in [-0.25, -0.2) is 9.50 Å². The summed E-state index contributed by atoms with van der Waals surface area (Å²) in [5.41, 5.74) is 2.73. The highest BCUT2D eigenvalue weighted by atomic mass is 79.9. The van der Waals surface area contributed by atoms with Gasteiger partial charge in [-0.2, -0.15) is 5.10 Å². The van der Waals surface area contributed by atoms with Gasteiger partial charge < -0.3 is 0 Å². The zero-order valence-corrected chi connectivity index (χ0v) is 11.0. The third-order valence-corrected chi connectivity index (χ3v) is 3.37. The smallest absolute Gasteiger partial charge is 0.154 e. The molecule has 3 nitrogen and oxygen atoms in total. The molecule has 0 fully saturated rings. The average molecular weight is 309 g/mol. The van der Waals surface area contributed by atoms with Gasteiger partial charge in [0.1, 0.15) is 5.15 Å². The lowest BCUT2D eigenvalue weighted by Gasteiger charge is -2.03. The summed E-state index contributed by atoms with van der Waals surface area (Å²) in [7, 11) is 0. The van der Waals surface area contributed by atoms with Crippen molar-refractivity contribution in [1.82, 2.24) is 14.6 Å². The van der Waals surface area contributed by atoms with Gasteiger partial charge in [-0.15, -0.1) is 0 Å². The van der Waals surface area contributed by atoms with Crippen LogP contribution in [0.3, 0.4) is 0 Å². The molecule has 5 heteroatoms. The molecular weight excluding hydrogens is 302 g/mol. The van der Waals surface area contributed by atoms with E-state index in [1.54, 1.807) is 16.8 Å². The second-order valence-electron chi connectivity index (χ2n) is 3.55. The van der Waals surface area contributed by atoms with E-state index in [1.165, 1.54) is 0 Å². The highest BCUT2D eigenvalue weighted by molar-refractivity contribution is 9.10. The fourth-order valence-corrected chi connectivity index (χ4v) is 2.33. The van der Waals surface area contributed by atoms with Crippen molar-refractivity contribution in [2.45, 2.75) is 0 Å².